The molecule has 0 aliphatic rings. The number of hydroxylamine groups is 1. The molecule has 0 aliphatic heterocycles. The van der Waals surface area contributed by atoms with Gasteiger partial charge in [0.25, 0.3) is 0 Å². The fourth-order valence-corrected chi connectivity index (χ4v) is 2.33. The minimum absolute atomic E-state index is 0.281. The summed E-state index contributed by atoms with van der Waals surface area (Å²) in [6.07, 6.45) is 1.41. The molecule has 0 amide bonds. The molecule has 2 nitrogen and oxygen atoms in total. The zero-order chi connectivity index (χ0) is 12.8. The predicted molar refractivity (Wildman–Crippen MR) is 69.2 cm³/mol. The fraction of sp³-hybridized carbons (Fsp3) is 0.538. The van der Waals surface area contributed by atoms with Gasteiger partial charge in [0, 0.05) is 5.02 Å². The molecule has 0 aromatic heterocycles. The van der Waals surface area contributed by atoms with Crippen LogP contribution in [0, 0.1) is 13.8 Å². The van der Waals surface area contributed by atoms with E-state index in [9.17, 15) is 4.39 Å². The first-order chi connectivity index (χ1) is 8.08. The molecule has 0 fully saturated rings. The zero-order valence-corrected chi connectivity index (χ0v) is 11.3. The second kappa shape index (κ2) is 6.94. The van der Waals surface area contributed by atoms with E-state index in [2.05, 4.69) is 11.5 Å². The van der Waals surface area contributed by atoms with E-state index in [1.54, 1.807) is 0 Å². The monoisotopic (exact) mass is 259 g/mol. The first-order valence-corrected chi connectivity index (χ1v) is 6.06. The van der Waals surface area contributed by atoms with E-state index in [1.165, 1.54) is 7.11 Å². The van der Waals surface area contributed by atoms with Crippen LogP contribution in [0.15, 0.2) is 12.1 Å². The number of halogens is 2. The smallest absolute Gasteiger partial charge is 0.107 e. The molecule has 0 spiro atoms. The number of rotatable bonds is 6. The van der Waals surface area contributed by atoms with Crippen LogP contribution in [0.4, 0.5) is 4.39 Å². The molecule has 1 aromatic carbocycles. The van der Waals surface area contributed by atoms with Gasteiger partial charge in [0.15, 0.2) is 0 Å². The summed E-state index contributed by atoms with van der Waals surface area (Å²) in [6.45, 7) is 3.60. The highest BCUT2D eigenvalue weighted by Gasteiger charge is 2.11. The summed E-state index contributed by atoms with van der Waals surface area (Å²) in [5.41, 5.74) is 6.03. The maximum atomic E-state index is 12.6. The molecule has 1 N–H and O–H groups in total. The van der Waals surface area contributed by atoms with Crippen LogP contribution in [-0.2, 0) is 11.3 Å². The molecule has 0 radical (unpaired) electrons. The van der Waals surface area contributed by atoms with Gasteiger partial charge in [-0.2, -0.15) is 5.48 Å². The first kappa shape index (κ1) is 14.4. The van der Waals surface area contributed by atoms with Crippen LogP contribution in [0.3, 0.4) is 0 Å². The normalized spacial score (nSPS) is 12.8. The van der Waals surface area contributed by atoms with Gasteiger partial charge in [-0.3, -0.25) is 0 Å². The highest BCUT2D eigenvalue weighted by atomic mass is 35.5. The summed E-state index contributed by atoms with van der Waals surface area (Å²) in [7, 11) is 1.49. The van der Waals surface area contributed by atoms with Gasteiger partial charge in [-0.15, -0.1) is 0 Å². The summed E-state index contributed by atoms with van der Waals surface area (Å²) in [4.78, 5) is 4.74. The lowest BCUT2D eigenvalue weighted by Gasteiger charge is -2.15. The van der Waals surface area contributed by atoms with Crippen molar-refractivity contribution in [3.05, 3.63) is 33.8 Å². The third kappa shape index (κ3) is 4.26. The quantitative estimate of drug-likeness (QED) is 0.791. The second-order valence-corrected chi connectivity index (χ2v) is 4.66. The van der Waals surface area contributed by atoms with Crippen LogP contribution >= 0.6 is 11.6 Å². The molecule has 0 saturated heterocycles. The van der Waals surface area contributed by atoms with E-state index in [-0.39, 0.29) is 6.04 Å². The molecule has 96 valence electrons. The number of hydrogen-bond donors (Lipinski definition) is 1. The van der Waals surface area contributed by atoms with Crippen molar-refractivity contribution in [2.24, 2.45) is 0 Å². The molecule has 0 heterocycles. The first-order valence-electron chi connectivity index (χ1n) is 5.68. The Morgan fingerprint density at radius 1 is 1.41 bits per heavy atom. The summed E-state index contributed by atoms with van der Waals surface area (Å²) in [5.74, 6) is 0. The zero-order valence-electron chi connectivity index (χ0n) is 10.5. The molecule has 4 heteroatoms. The molecule has 1 unspecified atom stereocenters. The second-order valence-electron chi connectivity index (χ2n) is 4.25. The lowest BCUT2D eigenvalue weighted by molar-refractivity contribution is 0.0500. The topological polar surface area (TPSA) is 21.3 Å². The van der Waals surface area contributed by atoms with Crippen LogP contribution < -0.4 is 5.48 Å². The average Bonchev–Trinajstić information content (AvgIpc) is 2.26. The van der Waals surface area contributed by atoms with Crippen molar-refractivity contribution in [1.29, 1.82) is 0 Å². The largest absolute Gasteiger partial charge is 0.305 e. The molecule has 1 aromatic rings. The molecular formula is C13H19ClFNO. The van der Waals surface area contributed by atoms with Crippen molar-refractivity contribution in [3.63, 3.8) is 0 Å². The highest BCUT2D eigenvalue weighted by Crippen LogP contribution is 2.23. The Labute approximate surface area is 107 Å². The van der Waals surface area contributed by atoms with Gasteiger partial charge in [-0.1, -0.05) is 17.7 Å². The maximum absolute atomic E-state index is 12.6. The Hall–Kier alpha value is -0.640. The number of benzene rings is 1. The lowest BCUT2D eigenvalue weighted by Crippen LogP contribution is -2.30. The Balaban J connectivity index is 2.68. The molecular weight excluding hydrogens is 241 g/mol. The van der Waals surface area contributed by atoms with Crippen LogP contribution in [0.2, 0.25) is 5.02 Å². The Morgan fingerprint density at radius 2 is 2.12 bits per heavy atom. The van der Waals surface area contributed by atoms with Crippen molar-refractivity contribution in [3.8, 4) is 0 Å². The standard InChI is InChI=1S/C13H19ClFNO/c1-9-6-10(2)12(13(14)7-9)5-4-11(8-15)16-17-3/h6-7,11,16H,4-5,8H2,1-3H3. The van der Waals surface area contributed by atoms with Crippen molar-refractivity contribution in [2.45, 2.75) is 32.7 Å². The number of alkyl halides is 1. The maximum Gasteiger partial charge on any atom is 0.107 e. The van der Waals surface area contributed by atoms with E-state index < -0.39 is 6.67 Å². The van der Waals surface area contributed by atoms with Gasteiger partial charge in [0.05, 0.1) is 13.2 Å². The van der Waals surface area contributed by atoms with Crippen molar-refractivity contribution in [2.75, 3.05) is 13.8 Å². The van der Waals surface area contributed by atoms with Crippen LogP contribution in [0.1, 0.15) is 23.1 Å². The van der Waals surface area contributed by atoms with E-state index in [1.807, 2.05) is 19.9 Å². The van der Waals surface area contributed by atoms with Gasteiger partial charge in [-0.05, 0) is 49.4 Å². The van der Waals surface area contributed by atoms with Gasteiger partial charge in [0.1, 0.15) is 6.67 Å². The highest BCUT2D eigenvalue weighted by molar-refractivity contribution is 6.31. The average molecular weight is 260 g/mol. The minimum atomic E-state index is -0.448. The van der Waals surface area contributed by atoms with Gasteiger partial charge >= 0.3 is 0 Å². The van der Waals surface area contributed by atoms with Gasteiger partial charge in [0.2, 0.25) is 0 Å². The third-order valence-electron chi connectivity index (χ3n) is 2.78. The van der Waals surface area contributed by atoms with E-state index in [0.717, 1.165) is 28.1 Å². The lowest BCUT2D eigenvalue weighted by atomic mass is 9.99. The molecule has 1 rings (SSSR count). The number of aryl methyl sites for hydroxylation is 2. The SMILES string of the molecule is CONC(CF)CCc1c(C)cc(C)cc1Cl. The van der Waals surface area contributed by atoms with Gasteiger partial charge < -0.3 is 4.84 Å². The predicted octanol–water partition coefficient (Wildman–Crippen LogP) is 3.38. The third-order valence-corrected chi connectivity index (χ3v) is 3.11. The molecule has 0 aliphatic carbocycles. The molecule has 0 bridgehead atoms. The number of hydrogen-bond acceptors (Lipinski definition) is 2. The molecule has 0 saturated carbocycles. The van der Waals surface area contributed by atoms with E-state index in [4.69, 9.17) is 16.4 Å². The summed E-state index contributed by atoms with van der Waals surface area (Å²) >= 11 is 6.19. The number of nitrogens with one attached hydrogen (secondary N) is 1. The molecule has 17 heavy (non-hydrogen) atoms. The Kier molecular flexibility index (Phi) is 5.89. The van der Waals surface area contributed by atoms with Crippen LogP contribution in [-0.4, -0.2) is 19.8 Å². The van der Waals surface area contributed by atoms with Gasteiger partial charge in [-0.25, -0.2) is 4.39 Å². The van der Waals surface area contributed by atoms with E-state index in [0.29, 0.717) is 6.42 Å². The van der Waals surface area contributed by atoms with Crippen LogP contribution in [0.25, 0.3) is 0 Å². The van der Waals surface area contributed by atoms with Crippen molar-refractivity contribution >= 4 is 11.6 Å². The summed E-state index contributed by atoms with van der Waals surface area (Å²) in [6, 6.07) is 3.75. The minimum Gasteiger partial charge on any atom is -0.305 e. The van der Waals surface area contributed by atoms with Crippen LogP contribution in [0.5, 0.6) is 0 Å². The van der Waals surface area contributed by atoms with Crippen molar-refractivity contribution < 1.29 is 9.23 Å². The summed E-state index contributed by atoms with van der Waals surface area (Å²) in [5, 5.41) is 0.762. The van der Waals surface area contributed by atoms with Crippen molar-refractivity contribution in [1.82, 2.24) is 5.48 Å². The fourth-order valence-electron chi connectivity index (χ4n) is 1.92. The Bertz CT molecular complexity index is 347. The molecule has 1 atom stereocenters. The van der Waals surface area contributed by atoms with E-state index >= 15 is 0 Å². The summed E-state index contributed by atoms with van der Waals surface area (Å²) < 4.78 is 12.6. The Morgan fingerprint density at radius 3 is 2.65 bits per heavy atom.